The number of anilines is 1. The van der Waals surface area contributed by atoms with Crippen LogP contribution in [0.2, 0.25) is 0 Å². The zero-order chi connectivity index (χ0) is 9.84. The highest BCUT2D eigenvalue weighted by atomic mass is 16.4. The number of carbonyl (C=O) groups is 1. The zero-order valence-corrected chi connectivity index (χ0v) is 7.36. The van der Waals surface area contributed by atoms with Gasteiger partial charge in [0.25, 0.3) is 0 Å². The van der Waals surface area contributed by atoms with Gasteiger partial charge < -0.3 is 15.9 Å². The fraction of sp³-hybridized carbons (Fsp3) is 0.571. The Balaban J connectivity index is 2.44. The van der Waals surface area contributed by atoms with Crippen molar-refractivity contribution in [1.82, 2.24) is 10.2 Å². The lowest BCUT2D eigenvalue weighted by Gasteiger charge is -2.03. The van der Waals surface area contributed by atoms with E-state index in [0.717, 1.165) is 0 Å². The van der Waals surface area contributed by atoms with Crippen LogP contribution in [-0.2, 0) is 11.2 Å². The molecule has 0 spiro atoms. The van der Waals surface area contributed by atoms with Crippen molar-refractivity contribution in [3.05, 3.63) is 5.89 Å². The van der Waals surface area contributed by atoms with Gasteiger partial charge in [0.2, 0.25) is 11.8 Å². The third-order valence-electron chi connectivity index (χ3n) is 1.56. The van der Waals surface area contributed by atoms with E-state index in [1.807, 2.05) is 6.92 Å². The summed E-state index contributed by atoms with van der Waals surface area (Å²) in [4.78, 5) is 10.5. The van der Waals surface area contributed by atoms with Gasteiger partial charge in [0.05, 0.1) is 0 Å². The van der Waals surface area contributed by atoms with Gasteiger partial charge in [-0.25, -0.2) is 0 Å². The molecule has 1 rings (SSSR count). The summed E-state index contributed by atoms with van der Waals surface area (Å²) >= 11 is 0. The van der Waals surface area contributed by atoms with Crippen LogP contribution in [0.15, 0.2) is 4.42 Å². The molecule has 0 bridgehead atoms. The number of rotatable bonds is 4. The third kappa shape index (κ3) is 3.10. The predicted molar refractivity (Wildman–Crippen MR) is 45.4 cm³/mol. The van der Waals surface area contributed by atoms with Gasteiger partial charge in [-0.3, -0.25) is 4.79 Å². The molecule has 0 saturated carbocycles. The maximum Gasteiger partial charge on any atom is 0.312 e. The average Bonchev–Trinajstić information content (AvgIpc) is 2.33. The first-order valence-corrected chi connectivity index (χ1v) is 3.94. The van der Waals surface area contributed by atoms with Gasteiger partial charge in [-0.2, -0.15) is 0 Å². The second-order valence-electron chi connectivity index (χ2n) is 3.01. The molecule has 13 heavy (non-hydrogen) atoms. The fourth-order valence-electron chi connectivity index (χ4n) is 1.06. The Morgan fingerprint density at radius 2 is 2.31 bits per heavy atom. The average molecular weight is 184 g/mol. The zero-order valence-electron chi connectivity index (χ0n) is 7.36. The molecule has 6 heteroatoms. The van der Waals surface area contributed by atoms with Crippen LogP contribution in [-0.4, -0.2) is 16.1 Å². The van der Waals surface area contributed by atoms with Crippen LogP contribution < -0.4 is 11.5 Å². The highest BCUT2D eigenvalue weighted by Crippen LogP contribution is 2.10. The van der Waals surface area contributed by atoms with E-state index in [1.54, 1.807) is 0 Å². The SMILES string of the molecule is C[C@H](CC(N)=O)Cc1nnc(N)o1. The molecule has 6 nitrogen and oxygen atoms in total. The second kappa shape index (κ2) is 3.88. The van der Waals surface area contributed by atoms with Gasteiger partial charge in [0.1, 0.15) is 0 Å². The molecule has 1 amide bonds. The van der Waals surface area contributed by atoms with Gasteiger partial charge in [-0.1, -0.05) is 12.0 Å². The largest absolute Gasteiger partial charge is 0.408 e. The van der Waals surface area contributed by atoms with Crippen molar-refractivity contribution in [3.8, 4) is 0 Å². The highest BCUT2D eigenvalue weighted by Gasteiger charge is 2.11. The molecule has 1 heterocycles. The van der Waals surface area contributed by atoms with E-state index in [4.69, 9.17) is 15.9 Å². The van der Waals surface area contributed by atoms with E-state index in [-0.39, 0.29) is 17.8 Å². The van der Waals surface area contributed by atoms with Crippen LogP contribution in [0.3, 0.4) is 0 Å². The van der Waals surface area contributed by atoms with E-state index >= 15 is 0 Å². The maximum atomic E-state index is 10.5. The Labute approximate surface area is 75.3 Å². The first-order valence-electron chi connectivity index (χ1n) is 3.94. The number of nitrogens with zero attached hydrogens (tertiary/aromatic N) is 2. The summed E-state index contributed by atoms with van der Waals surface area (Å²) < 4.78 is 4.94. The Hall–Kier alpha value is -1.59. The van der Waals surface area contributed by atoms with E-state index in [1.165, 1.54) is 0 Å². The van der Waals surface area contributed by atoms with Crippen LogP contribution in [0.5, 0.6) is 0 Å². The van der Waals surface area contributed by atoms with Crippen LogP contribution in [0.1, 0.15) is 19.2 Å². The van der Waals surface area contributed by atoms with Gasteiger partial charge in [0, 0.05) is 12.8 Å². The van der Waals surface area contributed by atoms with Gasteiger partial charge in [-0.05, 0) is 5.92 Å². The number of amides is 1. The molecular formula is C7H12N4O2. The molecule has 0 aliphatic rings. The molecule has 0 radical (unpaired) electrons. The molecular weight excluding hydrogens is 172 g/mol. The number of hydrogen-bond donors (Lipinski definition) is 2. The molecule has 0 aromatic carbocycles. The molecule has 1 aromatic rings. The minimum absolute atomic E-state index is 0.0428. The molecule has 1 aromatic heterocycles. The van der Waals surface area contributed by atoms with Gasteiger partial charge in [-0.15, -0.1) is 5.10 Å². The number of hydrogen-bond acceptors (Lipinski definition) is 5. The van der Waals surface area contributed by atoms with Crippen molar-refractivity contribution in [1.29, 1.82) is 0 Å². The minimum Gasteiger partial charge on any atom is -0.408 e. The Bertz CT molecular complexity index is 296. The number of aromatic nitrogens is 2. The van der Waals surface area contributed by atoms with Crippen molar-refractivity contribution in [3.63, 3.8) is 0 Å². The molecule has 0 aliphatic carbocycles. The van der Waals surface area contributed by atoms with Gasteiger partial charge >= 0.3 is 6.01 Å². The Kier molecular flexibility index (Phi) is 2.84. The Morgan fingerprint density at radius 1 is 1.62 bits per heavy atom. The number of primary amides is 1. The normalized spacial score (nSPS) is 12.7. The summed E-state index contributed by atoms with van der Waals surface area (Å²) in [5.74, 6) is 0.198. The van der Waals surface area contributed by atoms with Crippen LogP contribution in [0.4, 0.5) is 6.01 Å². The smallest absolute Gasteiger partial charge is 0.312 e. The van der Waals surface area contributed by atoms with Crippen LogP contribution in [0, 0.1) is 5.92 Å². The van der Waals surface area contributed by atoms with Crippen molar-refractivity contribution >= 4 is 11.9 Å². The fourth-order valence-corrected chi connectivity index (χ4v) is 1.06. The highest BCUT2D eigenvalue weighted by molar-refractivity contribution is 5.73. The summed E-state index contributed by atoms with van der Waals surface area (Å²) in [5.41, 5.74) is 10.2. The van der Waals surface area contributed by atoms with Crippen molar-refractivity contribution in [2.45, 2.75) is 19.8 Å². The maximum absolute atomic E-state index is 10.5. The van der Waals surface area contributed by atoms with Crippen molar-refractivity contribution in [2.75, 3.05) is 5.73 Å². The van der Waals surface area contributed by atoms with E-state index < -0.39 is 0 Å². The second-order valence-corrected chi connectivity index (χ2v) is 3.01. The molecule has 0 unspecified atom stereocenters. The number of carbonyl (C=O) groups excluding carboxylic acids is 1. The standard InChI is InChI=1S/C7H12N4O2/c1-4(2-5(8)12)3-6-10-11-7(9)13-6/h4H,2-3H2,1H3,(H2,8,12)(H2,9,11)/t4-/m1/s1. The number of nitrogens with two attached hydrogens (primary N) is 2. The molecule has 0 saturated heterocycles. The van der Waals surface area contributed by atoms with Crippen LogP contribution in [0.25, 0.3) is 0 Å². The number of nitrogen functional groups attached to an aromatic ring is 1. The summed E-state index contributed by atoms with van der Waals surface area (Å²) in [5, 5.41) is 7.16. The predicted octanol–water partition coefficient (Wildman–Crippen LogP) is -0.294. The summed E-state index contributed by atoms with van der Waals surface area (Å²) in [6, 6.07) is 0.0428. The van der Waals surface area contributed by atoms with Gasteiger partial charge in [0.15, 0.2) is 0 Å². The monoisotopic (exact) mass is 184 g/mol. The van der Waals surface area contributed by atoms with Crippen LogP contribution >= 0.6 is 0 Å². The van der Waals surface area contributed by atoms with E-state index in [0.29, 0.717) is 18.7 Å². The summed E-state index contributed by atoms with van der Waals surface area (Å²) in [6.07, 6.45) is 0.829. The van der Waals surface area contributed by atoms with Crippen molar-refractivity contribution < 1.29 is 9.21 Å². The lowest BCUT2D eigenvalue weighted by molar-refractivity contribution is -0.118. The summed E-state index contributed by atoms with van der Waals surface area (Å²) in [6.45, 7) is 1.88. The minimum atomic E-state index is -0.333. The molecule has 72 valence electrons. The summed E-state index contributed by atoms with van der Waals surface area (Å²) in [7, 11) is 0. The first kappa shape index (κ1) is 9.50. The Morgan fingerprint density at radius 3 is 2.77 bits per heavy atom. The van der Waals surface area contributed by atoms with Crippen molar-refractivity contribution in [2.24, 2.45) is 11.7 Å². The molecule has 0 aliphatic heterocycles. The lowest BCUT2D eigenvalue weighted by atomic mass is 10.0. The lowest BCUT2D eigenvalue weighted by Crippen LogP contribution is -2.16. The molecule has 1 atom stereocenters. The molecule has 0 fully saturated rings. The van der Waals surface area contributed by atoms with E-state index in [9.17, 15) is 4.79 Å². The topological polar surface area (TPSA) is 108 Å². The molecule has 4 N–H and O–H groups in total. The third-order valence-corrected chi connectivity index (χ3v) is 1.56. The quantitative estimate of drug-likeness (QED) is 0.668. The van der Waals surface area contributed by atoms with E-state index in [2.05, 4.69) is 10.2 Å². The first-order chi connectivity index (χ1) is 6.08.